The van der Waals surface area contributed by atoms with E-state index in [-0.39, 0.29) is 5.56 Å². The minimum atomic E-state index is 0.0719. The third-order valence-corrected chi connectivity index (χ3v) is 3.32. The van der Waals surface area contributed by atoms with E-state index in [9.17, 15) is 4.79 Å². The lowest BCUT2D eigenvalue weighted by Crippen LogP contribution is -2.27. The van der Waals surface area contributed by atoms with Gasteiger partial charge in [0.15, 0.2) is 0 Å². The van der Waals surface area contributed by atoms with E-state index < -0.39 is 0 Å². The Morgan fingerprint density at radius 1 is 1.10 bits per heavy atom. The molecule has 0 aliphatic rings. The van der Waals surface area contributed by atoms with Crippen molar-refractivity contribution in [2.24, 2.45) is 13.0 Å². The van der Waals surface area contributed by atoms with Crippen molar-refractivity contribution in [3.63, 3.8) is 0 Å². The van der Waals surface area contributed by atoms with Gasteiger partial charge in [0.2, 0.25) is 0 Å². The Hall–Kier alpha value is -1.87. The molecule has 0 unspecified atom stereocenters. The van der Waals surface area contributed by atoms with E-state index in [1.165, 1.54) is 0 Å². The zero-order valence-corrected chi connectivity index (χ0v) is 12.4. The molecule has 1 aromatic carbocycles. The van der Waals surface area contributed by atoms with Crippen LogP contribution in [0.2, 0.25) is 0 Å². The monoisotopic (exact) mass is 270 g/mol. The maximum atomic E-state index is 12.4. The Morgan fingerprint density at radius 2 is 1.80 bits per heavy atom. The summed E-state index contributed by atoms with van der Waals surface area (Å²) in [5.74, 6) is 0.586. The third-order valence-electron chi connectivity index (χ3n) is 3.32. The molecule has 0 atom stereocenters. The lowest BCUT2D eigenvalue weighted by Gasteiger charge is -2.12. The van der Waals surface area contributed by atoms with Gasteiger partial charge < -0.3 is 9.88 Å². The van der Waals surface area contributed by atoms with Crippen molar-refractivity contribution in [2.45, 2.75) is 20.4 Å². The van der Waals surface area contributed by atoms with Crippen LogP contribution >= 0.6 is 0 Å². The molecule has 0 amide bonds. The van der Waals surface area contributed by atoms with Gasteiger partial charge in [0.05, 0.1) is 5.69 Å². The molecular formula is C17H22N2O. The van der Waals surface area contributed by atoms with Crippen LogP contribution in [-0.2, 0) is 13.6 Å². The number of nitrogens with zero attached hydrogens (tertiary/aromatic N) is 1. The van der Waals surface area contributed by atoms with Gasteiger partial charge in [-0.3, -0.25) is 4.79 Å². The average molecular weight is 270 g/mol. The highest BCUT2D eigenvalue weighted by molar-refractivity contribution is 5.59. The molecule has 2 rings (SSSR count). The molecule has 1 heterocycles. The van der Waals surface area contributed by atoms with Crippen molar-refractivity contribution in [1.29, 1.82) is 0 Å². The van der Waals surface area contributed by atoms with Crippen LogP contribution in [0.25, 0.3) is 11.3 Å². The first kappa shape index (κ1) is 14.5. The lowest BCUT2D eigenvalue weighted by atomic mass is 10.1. The molecule has 0 bridgehead atoms. The fourth-order valence-electron chi connectivity index (χ4n) is 2.22. The summed E-state index contributed by atoms with van der Waals surface area (Å²) >= 11 is 0. The molecule has 0 saturated heterocycles. The predicted octanol–water partition coefficient (Wildman–Crippen LogP) is 2.80. The molecule has 0 fully saturated rings. The molecule has 20 heavy (non-hydrogen) atoms. The summed E-state index contributed by atoms with van der Waals surface area (Å²) in [6, 6.07) is 13.9. The van der Waals surface area contributed by atoms with Crippen LogP contribution in [0.3, 0.4) is 0 Å². The summed E-state index contributed by atoms with van der Waals surface area (Å²) in [6.07, 6.45) is 0. The SMILES string of the molecule is CC(C)CNCc1ccc(-c2ccccc2)n(C)c1=O. The number of hydrogen-bond donors (Lipinski definition) is 1. The molecule has 0 aliphatic carbocycles. The minimum Gasteiger partial charge on any atom is -0.312 e. The highest BCUT2D eigenvalue weighted by Gasteiger charge is 2.07. The van der Waals surface area contributed by atoms with Gasteiger partial charge in [-0.2, -0.15) is 0 Å². The van der Waals surface area contributed by atoms with Crippen LogP contribution < -0.4 is 10.9 Å². The molecule has 0 saturated carbocycles. The topological polar surface area (TPSA) is 34.0 Å². The van der Waals surface area contributed by atoms with E-state index in [0.717, 1.165) is 23.4 Å². The summed E-state index contributed by atoms with van der Waals surface area (Å²) in [5, 5.41) is 3.32. The van der Waals surface area contributed by atoms with Crippen LogP contribution in [0.15, 0.2) is 47.3 Å². The smallest absolute Gasteiger partial charge is 0.255 e. The summed E-state index contributed by atoms with van der Waals surface area (Å²) in [5.41, 5.74) is 2.90. The van der Waals surface area contributed by atoms with E-state index in [2.05, 4.69) is 19.2 Å². The highest BCUT2D eigenvalue weighted by Crippen LogP contribution is 2.16. The zero-order valence-electron chi connectivity index (χ0n) is 12.4. The molecule has 3 heteroatoms. The second-order valence-corrected chi connectivity index (χ2v) is 5.50. The first-order valence-corrected chi connectivity index (χ1v) is 7.04. The van der Waals surface area contributed by atoms with Gasteiger partial charge in [-0.25, -0.2) is 0 Å². The lowest BCUT2D eigenvalue weighted by molar-refractivity contribution is 0.549. The number of nitrogens with one attached hydrogen (secondary N) is 1. The Kier molecular flexibility index (Phi) is 4.74. The summed E-state index contributed by atoms with van der Waals surface area (Å²) < 4.78 is 1.72. The van der Waals surface area contributed by atoms with Crippen molar-refractivity contribution in [3.8, 4) is 11.3 Å². The van der Waals surface area contributed by atoms with E-state index in [0.29, 0.717) is 12.5 Å². The number of aromatic nitrogens is 1. The molecule has 0 spiro atoms. The predicted molar refractivity (Wildman–Crippen MR) is 83.7 cm³/mol. The van der Waals surface area contributed by atoms with E-state index in [1.807, 2.05) is 49.5 Å². The van der Waals surface area contributed by atoms with Gasteiger partial charge in [-0.05, 0) is 24.1 Å². The van der Waals surface area contributed by atoms with E-state index in [1.54, 1.807) is 4.57 Å². The Morgan fingerprint density at radius 3 is 2.45 bits per heavy atom. The normalized spacial score (nSPS) is 11.0. The second-order valence-electron chi connectivity index (χ2n) is 5.50. The maximum Gasteiger partial charge on any atom is 0.255 e. The van der Waals surface area contributed by atoms with E-state index in [4.69, 9.17) is 0 Å². The van der Waals surface area contributed by atoms with Crippen molar-refractivity contribution >= 4 is 0 Å². The summed E-state index contributed by atoms with van der Waals surface area (Å²) in [7, 11) is 1.83. The van der Waals surface area contributed by atoms with Crippen molar-refractivity contribution in [1.82, 2.24) is 9.88 Å². The van der Waals surface area contributed by atoms with Crippen LogP contribution in [0.1, 0.15) is 19.4 Å². The number of benzene rings is 1. The molecule has 3 nitrogen and oxygen atoms in total. The molecule has 106 valence electrons. The molecule has 1 aromatic heterocycles. The standard InChI is InChI=1S/C17H22N2O/c1-13(2)11-18-12-15-9-10-16(19(3)17(15)20)14-7-5-4-6-8-14/h4-10,13,18H,11-12H2,1-3H3. The van der Waals surface area contributed by atoms with Crippen LogP contribution in [-0.4, -0.2) is 11.1 Å². The van der Waals surface area contributed by atoms with Gasteiger partial charge in [0.1, 0.15) is 0 Å². The van der Waals surface area contributed by atoms with Crippen molar-refractivity contribution < 1.29 is 0 Å². The molecule has 2 aromatic rings. The van der Waals surface area contributed by atoms with Gasteiger partial charge in [0.25, 0.3) is 5.56 Å². The first-order chi connectivity index (χ1) is 9.59. The second kappa shape index (κ2) is 6.53. The quantitative estimate of drug-likeness (QED) is 0.906. The molecule has 0 radical (unpaired) electrons. The van der Waals surface area contributed by atoms with Gasteiger partial charge in [0, 0.05) is 19.2 Å². The number of rotatable bonds is 5. The fraction of sp³-hybridized carbons (Fsp3) is 0.353. The highest BCUT2D eigenvalue weighted by atomic mass is 16.1. The van der Waals surface area contributed by atoms with Crippen molar-refractivity contribution in [2.75, 3.05) is 6.54 Å². The van der Waals surface area contributed by atoms with Crippen molar-refractivity contribution in [3.05, 3.63) is 58.4 Å². The van der Waals surface area contributed by atoms with Gasteiger partial charge in [-0.15, -0.1) is 0 Å². The summed E-state index contributed by atoms with van der Waals surface area (Å²) in [6.45, 7) is 5.86. The summed E-state index contributed by atoms with van der Waals surface area (Å²) in [4.78, 5) is 12.4. The Labute approximate surface area is 120 Å². The molecule has 1 N–H and O–H groups in total. The zero-order chi connectivity index (χ0) is 14.5. The Bertz CT molecular complexity index is 615. The van der Waals surface area contributed by atoms with E-state index >= 15 is 0 Å². The number of hydrogen-bond acceptors (Lipinski definition) is 2. The third kappa shape index (κ3) is 3.36. The van der Waals surface area contributed by atoms with Gasteiger partial charge >= 0.3 is 0 Å². The maximum absolute atomic E-state index is 12.4. The molecule has 0 aliphatic heterocycles. The number of pyridine rings is 1. The van der Waals surface area contributed by atoms with Crippen LogP contribution in [0, 0.1) is 5.92 Å². The average Bonchev–Trinajstić information content (AvgIpc) is 2.44. The van der Waals surface area contributed by atoms with Crippen LogP contribution in [0.4, 0.5) is 0 Å². The van der Waals surface area contributed by atoms with Gasteiger partial charge in [-0.1, -0.05) is 50.2 Å². The largest absolute Gasteiger partial charge is 0.312 e. The fourth-order valence-corrected chi connectivity index (χ4v) is 2.22. The van der Waals surface area contributed by atoms with Crippen LogP contribution in [0.5, 0.6) is 0 Å². The Balaban J connectivity index is 2.24. The minimum absolute atomic E-state index is 0.0719. The first-order valence-electron chi connectivity index (χ1n) is 7.04. The molecular weight excluding hydrogens is 248 g/mol.